The number of ether oxygens (including phenoxy) is 1. The van der Waals surface area contributed by atoms with Crippen molar-refractivity contribution in [1.29, 1.82) is 0 Å². The van der Waals surface area contributed by atoms with E-state index in [1.54, 1.807) is 19.0 Å². The zero-order valence-electron chi connectivity index (χ0n) is 17.0. The van der Waals surface area contributed by atoms with Crippen molar-refractivity contribution in [3.63, 3.8) is 0 Å². The number of esters is 1. The van der Waals surface area contributed by atoms with Crippen LogP contribution in [0.4, 0.5) is 0 Å². The lowest BCUT2D eigenvalue weighted by atomic mass is 9.47. The summed E-state index contributed by atoms with van der Waals surface area (Å²) in [5.74, 6) is -2.63. The molecule has 1 amide bonds. The highest BCUT2D eigenvalue weighted by atomic mass is 16.6. The number of fused-ring (bicyclic) bond motifs is 1. The summed E-state index contributed by atoms with van der Waals surface area (Å²) in [7, 11) is 3.47. The summed E-state index contributed by atoms with van der Waals surface area (Å²) in [6.45, 7) is 11.3. The van der Waals surface area contributed by atoms with Gasteiger partial charge in [-0.1, -0.05) is 41.5 Å². The van der Waals surface area contributed by atoms with Crippen LogP contribution in [-0.4, -0.2) is 59.5 Å². The van der Waals surface area contributed by atoms with Crippen LogP contribution in [0.1, 0.15) is 48.0 Å². The molecule has 1 aliphatic carbocycles. The van der Waals surface area contributed by atoms with Crippen LogP contribution in [0.25, 0.3) is 0 Å². The molecule has 26 heavy (non-hydrogen) atoms. The van der Waals surface area contributed by atoms with Gasteiger partial charge in [0.15, 0.2) is 17.3 Å². The van der Waals surface area contributed by atoms with E-state index < -0.39 is 64.0 Å². The summed E-state index contributed by atoms with van der Waals surface area (Å²) in [6.07, 6.45) is -1.72. The molecule has 2 rings (SSSR count). The first-order valence-corrected chi connectivity index (χ1v) is 8.95. The SMILES string of the molecule is CN(C)[C@@H]1C(=O)C2(C(N)=O)CC(=O)OC2[C@@](O)(C(C)(C)C)C1C(C)(C)C. The Hall–Kier alpha value is -1.47. The lowest BCUT2D eigenvalue weighted by Crippen LogP contribution is -2.78. The summed E-state index contributed by atoms with van der Waals surface area (Å²) in [5.41, 5.74) is 0.884. The van der Waals surface area contributed by atoms with E-state index >= 15 is 0 Å². The zero-order valence-corrected chi connectivity index (χ0v) is 17.0. The summed E-state index contributed by atoms with van der Waals surface area (Å²) in [4.78, 5) is 39.9. The molecule has 1 heterocycles. The fourth-order valence-corrected chi connectivity index (χ4v) is 4.96. The number of Topliss-reactive ketones (excluding diaryl/α,β-unsaturated/α-hetero) is 1. The summed E-state index contributed by atoms with van der Waals surface area (Å²) >= 11 is 0. The number of likely N-dealkylation sites (N-methyl/N-ethyl adjacent to an activating group) is 1. The molecular formula is C19H32N2O5. The molecule has 0 radical (unpaired) electrons. The molecule has 0 bridgehead atoms. The third-order valence-corrected chi connectivity index (χ3v) is 6.15. The molecule has 0 aromatic heterocycles. The van der Waals surface area contributed by atoms with Crippen molar-refractivity contribution in [2.24, 2.45) is 27.9 Å². The highest BCUT2D eigenvalue weighted by molar-refractivity contribution is 6.13. The van der Waals surface area contributed by atoms with E-state index in [-0.39, 0.29) is 0 Å². The first kappa shape index (κ1) is 20.8. The van der Waals surface area contributed by atoms with E-state index in [0.717, 1.165) is 0 Å². The van der Waals surface area contributed by atoms with E-state index in [0.29, 0.717) is 0 Å². The van der Waals surface area contributed by atoms with E-state index in [1.807, 2.05) is 41.5 Å². The average molecular weight is 368 g/mol. The third-order valence-electron chi connectivity index (χ3n) is 6.15. The Morgan fingerprint density at radius 3 is 2.04 bits per heavy atom. The highest BCUT2D eigenvalue weighted by Gasteiger charge is 2.77. The van der Waals surface area contributed by atoms with Gasteiger partial charge in [-0.05, 0) is 24.9 Å². The van der Waals surface area contributed by atoms with Gasteiger partial charge in [0.2, 0.25) is 5.91 Å². The first-order valence-electron chi connectivity index (χ1n) is 8.95. The summed E-state index contributed by atoms with van der Waals surface area (Å²) < 4.78 is 5.47. The van der Waals surface area contributed by atoms with Crippen molar-refractivity contribution in [3.8, 4) is 0 Å². The lowest BCUT2D eigenvalue weighted by Gasteiger charge is -2.61. The molecular weight excluding hydrogens is 336 g/mol. The first-order chi connectivity index (χ1) is 11.5. The topological polar surface area (TPSA) is 110 Å². The van der Waals surface area contributed by atoms with Crippen LogP contribution >= 0.6 is 0 Å². The molecule has 7 heteroatoms. The number of nitrogens with zero attached hydrogens (tertiary/aromatic N) is 1. The Labute approximate surface area is 155 Å². The Kier molecular flexibility index (Phi) is 4.62. The van der Waals surface area contributed by atoms with E-state index in [1.165, 1.54) is 0 Å². The van der Waals surface area contributed by atoms with Crippen molar-refractivity contribution in [3.05, 3.63) is 0 Å². The van der Waals surface area contributed by atoms with Gasteiger partial charge < -0.3 is 15.6 Å². The summed E-state index contributed by atoms with van der Waals surface area (Å²) in [5, 5.41) is 12.1. The molecule has 1 saturated carbocycles. The predicted molar refractivity (Wildman–Crippen MR) is 96.0 cm³/mol. The smallest absolute Gasteiger partial charge is 0.307 e. The van der Waals surface area contributed by atoms with Gasteiger partial charge in [0, 0.05) is 5.92 Å². The quantitative estimate of drug-likeness (QED) is 0.549. The Balaban J connectivity index is 2.91. The van der Waals surface area contributed by atoms with Gasteiger partial charge in [-0.15, -0.1) is 0 Å². The molecule has 0 spiro atoms. The number of carbonyl (C=O) groups excluding carboxylic acids is 3. The lowest BCUT2D eigenvalue weighted by molar-refractivity contribution is -0.247. The Morgan fingerprint density at radius 2 is 1.69 bits per heavy atom. The van der Waals surface area contributed by atoms with Gasteiger partial charge in [0.05, 0.1) is 12.5 Å². The maximum Gasteiger partial charge on any atom is 0.307 e. The van der Waals surface area contributed by atoms with Crippen molar-refractivity contribution >= 4 is 17.7 Å². The Morgan fingerprint density at radius 1 is 1.19 bits per heavy atom. The largest absolute Gasteiger partial charge is 0.458 e. The van der Waals surface area contributed by atoms with Crippen LogP contribution in [0.2, 0.25) is 0 Å². The van der Waals surface area contributed by atoms with Gasteiger partial charge in [-0.25, -0.2) is 0 Å². The minimum Gasteiger partial charge on any atom is -0.458 e. The maximum absolute atomic E-state index is 13.5. The molecule has 148 valence electrons. The number of hydrogen-bond donors (Lipinski definition) is 2. The standard InChI is InChI=1S/C19H32N2O5/c1-16(2,3)12-11(21(7)8)13(23)18(15(20)24)9-10(22)26-14(18)19(12,25)17(4,5)6/h11-12,14,25H,9H2,1-8H3,(H2,20,24)/t11-,12?,14?,18?,19+/m0/s1. The zero-order chi connectivity index (χ0) is 20.5. The molecule has 0 aromatic carbocycles. The molecule has 1 aliphatic heterocycles. The maximum atomic E-state index is 13.5. The average Bonchev–Trinajstić information content (AvgIpc) is 2.79. The normalized spacial score (nSPS) is 38.3. The molecule has 1 saturated heterocycles. The van der Waals surface area contributed by atoms with Gasteiger partial charge in [-0.2, -0.15) is 0 Å². The highest BCUT2D eigenvalue weighted by Crippen LogP contribution is 2.60. The van der Waals surface area contributed by atoms with Crippen LogP contribution in [0.3, 0.4) is 0 Å². The predicted octanol–water partition coefficient (Wildman–Crippen LogP) is 0.726. The number of primary amides is 1. The fourth-order valence-electron chi connectivity index (χ4n) is 4.96. The molecule has 2 fully saturated rings. The van der Waals surface area contributed by atoms with E-state index in [9.17, 15) is 19.5 Å². The van der Waals surface area contributed by atoms with Crippen molar-refractivity contribution in [2.45, 2.75) is 65.7 Å². The van der Waals surface area contributed by atoms with Gasteiger partial charge in [0.1, 0.15) is 5.60 Å². The number of nitrogens with two attached hydrogens (primary N) is 1. The second-order valence-electron chi connectivity index (χ2n) is 10.1. The van der Waals surface area contributed by atoms with E-state index in [2.05, 4.69) is 0 Å². The molecule has 5 atom stereocenters. The van der Waals surface area contributed by atoms with Crippen molar-refractivity contribution in [2.75, 3.05) is 14.1 Å². The van der Waals surface area contributed by atoms with Crippen LogP contribution in [0.15, 0.2) is 0 Å². The Bertz CT molecular complexity index is 645. The summed E-state index contributed by atoms with van der Waals surface area (Å²) in [6, 6.07) is -0.780. The third kappa shape index (κ3) is 2.51. The molecule has 3 unspecified atom stereocenters. The van der Waals surface area contributed by atoms with Crippen molar-refractivity contribution in [1.82, 2.24) is 4.90 Å². The molecule has 3 N–H and O–H groups in total. The van der Waals surface area contributed by atoms with Crippen LogP contribution in [0.5, 0.6) is 0 Å². The molecule has 7 nitrogen and oxygen atoms in total. The molecule has 0 aromatic rings. The van der Waals surface area contributed by atoms with Gasteiger partial charge in [-0.3, -0.25) is 19.3 Å². The number of rotatable bonds is 2. The van der Waals surface area contributed by atoms with Crippen molar-refractivity contribution < 1.29 is 24.2 Å². The number of carbonyl (C=O) groups is 3. The minimum absolute atomic E-state index is 0.425. The fraction of sp³-hybridized carbons (Fsp3) is 0.842. The number of amides is 1. The second-order valence-corrected chi connectivity index (χ2v) is 10.1. The second kappa shape index (κ2) is 5.76. The van der Waals surface area contributed by atoms with Gasteiger partial charge >= 0.3 is 5.97 Å². The number of hydrogen-bond acceptors (Lipinski definition) is 6. The number of aliphatic hydroxyl groups is 1. The van der Waals surface area contributed by atoms with Crippen LogP contribution in [0, 0.1) is 22.2 Å². The number of ketones is 1. The minimum atomic E-state index is -1.85. The van der Waals surface area contributed by atoms with Crippen LogP contribution in [-0.2, 0) is 19.1 Å². The van der Waals surface area contributed by atoms with Gasteiger partial charge in [0.25, 0.3) is 0 Å². The molecule has 2 aliphatic rings. The van der Waals surface area contributed by atoms with E-state index in [4.69, 9.17) is 10.5 Å². The monoisotopic (exact) mass is 368 g/mol. The van der Waals surface area contributed by atoms with Crippen LogP contribution < -0.4 is 5.73 Å².